The molecule has 44 heavy (non-hydrogen) atoms. The second kappa shape index (κ2) is 27.4. The molecule has 0 aromatic rings. The molecule has 0 saturated carbocycles. The van der Waals surface area contributed by atoms with E-state index in [-0.39, 0.29) is 0 Å². The van der Waals surface area contributed by atoms with E-state index in [1.165, 1.54) is 112 Å². The molecule has 0 amide bonds. The number of hydrogen-bond donors (Lipinski definition) is 2. The van der Waals surface area contributed by atoms with E-state index < -0.39 is 31.3 Å². The minimum absolute atomic E-state index is 1.26. The Hall–Kier alpha value is -0.760. The summed E-state index contributed by atoms with van der Waals surface area (Å²) in [4.78, 5) is 0. The number of quaternary nitrogens is 2. The fourth-order valence-electron chi connectivity index (χ4n) is 3.27. The lowest BCUT2D eigenvalue weighted by atomic mass is 10.1. The Morgan fingerprint density at radius 2 is 0.682 bits per heavy atom. The van der Waals surface area contributed by atoms with E-state index in [1.807, 2.05) is 0 Å². The molecule has 0 atom stereocenters. The monoisotopic (exact) mass is 702 g/mol. The Morgan fingerprint density at radius 1 is 0.500 bits per heavy atom. The zero-order chi connectivity index (χ0) is 36.3. The lowest BCUT2D eigenvalue weighted by Gasteiger charge is -2.32. The van der Waals surface area contributed by atoms with Gasteiger partial charge >= 0.3 is 11.0 Å². The Balaban J connectivity index is -0.000000154. The highest BCUT2D eigenvalue weighted by Gasteiger charge is 2.37. The van der Waals surface area contributed by atoms with Crippen LogP contribution in [-0.4, -0.2) is 99.3 Å². The number of nitrogens with two attached hydrogens (primary N) is 2. The maximum atomic E-state index is 10.7. The van der Waals surface area contributed by atoms with Crippen molar-refractivity contribution >= 4 is 20.2 Å². The molecule has 0 unspecified atom stereocenters. The molecule has 0 aliphatic carbocycles. The third-order valence-electron chi connectivity index (χ3n) is 7.22. The maximum absolute atomic E-state index is 10.7. The minimum atomic E-state index is -6.09. The zero-order valence-corrected chi connectivity index (χ0v) is 29.5. The van der Waals surface area contributed by atoms with Gasteiger partial charge in [-0.05, 0) is 53.4 Å². The molecule has 0 bridgehead atoms. The first kappa shape index (κ1) is 52.8. The van der Waals surface area contributed by atoms with E-state index in [1.54, 1.807) is 0 Å². The van der Waals surface area contributed by atoms with E-state index in [0.717, 1.165) is 0 Å². The molecule has 274 valence electrons. The van der Waals surface area contributed by atoms with Crippen LogP contribution in [-0.2, 0) is 20.2 Å². The Morgan fingerprint density at radius 3 is 0.818 bits per heavy atom. The van der Waals surface area contributed by atoms with E-state index in [4.69, 9.17) is 25.9 Å². The molecule has 0 radical (unpaired) electrons. The van der Waals surface area contributed by atoms with Crippen molar-refractivity contribution in [3.05, 3.63) is 0 Å². The van der Waals surface area contributed by atoms with Crippen LogP contribution in [0.2, 0.25) is 0 Å². The third-order valence-corrected chi connectivity index (χ3v) is 8.36. The fraction of sp³-hybridized carbons (Fsp3) is 1.00. The lowest BCUT2D eigenvalue weighted by molar-refractivity contribution is -0.906. The van der Waals surface area contributed by atoms with Crippen LogP contribution < -0.4 is 11.7 Å². The minimum Gasteiger partial charge on any atom is -0.741 e. The van der Waals surface area contributed by atoms with E-state index >= 15 is 0 Å². The summed E-state index contributed by atoms with van der Waals surface area (Å²) in [6.45, 7) is 21.6. The summed E-state index contributed by atoms with van der Waals surface area (Å²) in [6, 6.07) is 0. The highest BCUT2D eigenvalue weighted by atomic mass is 32.2. The van der Waals surface area contributed by atoms with Crippen molar-refractivity contribution in [2.75, 3.05) is 53.4 Å². The van der Waals surface area contributed by atoms with Gasteiger partial charge in [0.1, 0.15) is 0 Å². The van der Waals surface area contributed by atoms with Gasteiger partial charge in [0, 0.05) is 0 Å². The molecule has 4 N–H and O–H groups in total. The molecule has 0 rings (SSSR count). The van der Waals surface area contributed by atoms with Crippen LogP contribution >= 0.6 is 0 Å². The topological polar surface area (TPSA) is 166 Å². The van der Waals surface area contributed by atoms with Gasteiger partial charge in [-0.3, -0.25) is 11.7 Å². The van der Waals surface area contributed by atoms with Crippen molar-refractivity contribution in [3.63, 3.8) is 0 Å². The number of unbranched alkanes of at least 4 members (excludes halogenated alkanes) is 8. The summed E-state index contributed by atoms with van der Waals surface area (Å²) < 4.78 is 120. The molecule has 0 aliphatic rings. The van der Waals surface area contributed by atoms with Crippen LogP contribution in [0.15, 0.2) is 0 Å². The molecule has 18 heteroatoms. The normalized spacial score (nSPS) is 12.3. The predicted molar refractivity (Wildman–Crippen MR) is 162 cm³/mol. The van der Waals surface area contributed by atoms with Crippen molar-refractivity contribution in [1.82, 2.24) is 0 Å². The molecule has 0 saturated heterocycles. The van der Waals surface area contributed by atoms with Crippen molar-refractivity contribution in [1.29, 1.82) is 0 Å². The summed E-state index contributed by atoms with van der Waals surface area (Å²) in [5.74, 6) is 8.00. The second-order valence-electron chi connectivity index (χ2n) is 10.6. The zero-order valence-electron chi connectivity index (χ0n) is 27.9. The number of nitrogens with zero attached hydrogens (tertiary/aromatic N) is 2. The molecular weight excluding hydrogens is 642 g/mol. The number of hydrazine groups is 1. The summed E-state index contributed by atoms with van der Waals surface area (Å²) in [5.41, 5.74) is -11.3. The summed E-state index contributed by atoms with van der Waals surface area (Å²) >= 11 is 0. The molecular formula is C26H60F6N4O6S2. The predicted octanol–water partition coefficient (Wildman–Crippen LogP) is 5.81. The summed E-state index contributed by atoms with van der Waals surface area (Å²) in [6.07, 6.45) is 14.1. The van der Waals surface area contributed by atoms with Crippen LogP contribution in [0.3, 0.4) is 0 Å². The van der Waals surface area contributed by atoms with Crippen LogP contribution in [0.5, 0.6) is 0 Å². The van der Waals surface area contributed by atoms with E-state index in [9.17, 15) is 26.3 Å². The molecule has 0 spiro atoms. The van der Waals surface area contributed by atoms with Crippen LogP contribution in [0.1, 0.15) is 106 Å². The van der Waals surface area contributed by atoms with Gasteiger partial charge in [-0.1, -0.05) is 52.4 Å². The first-order chi connectivity index (χ1) is 19.9. The Labute approximate surface area is 263 Å². The quantitative estimate of drug-likeness (QED) is 0.0387. The van der Waals surface area contributed by atoms with Gasteiger partial charge in [-0.2, -0.15) is 26.3 Å². The third kappa shape index (κ3) is 32.6. The SMILES string of the molecule is CCCCCCC[N+](C)(CC)CC.CCCCCCC[N+](C)(CC)CC.NN.O=S(=O)([O-])C(F)(F)F.O=S(=O)([O-])C(F)(F)F. The number of hydrogen-bond acceptors (Lipinski definition) is 8. The average molecular weight is 703 g/mol. The standard InChI is InChI=1S/2C12H28N.2CHF3O3S.H4N2/c2*1-5-8-9-10-11-12-13(4,6-2)7-3;2*2-1(3,4)8(5,6)7;1-2/h2*5-12H2,1-4H3;2*(H,5,6,7);1-2H2/q2*+1;;;/p-2. The van der Waals surface area contributed by atoms with Gasteiger partial charge in [0.2, 0.25) is 0 Å². The van der Waals surface area contributed by atoms with E-state index in [0.29, 0.717) is 0 Å². The maximum Gasteiger partial charge on any atom is 0.485 e. The Bertz CT molecular complexity index is 782. The Kier molecular flexibility index (Phi) is 32.8. The van der Waals surface area contributed by atoms with Gasteiger partial charge in [0.25, 0.3) is 0 Å². The van der Waals surface area contributed by atoms with E-state index in [2.05, 4.69) is 67.3 Å². The highest BCUT2D eigenvalue weighted by molar-refractivity contribution is 7.86. The van der Waals surface area contributed by atoms with Gasteiger partial charge in [0.05, 0.1) is 53.4 Å². The average Bonchev–Trinajstić information content (AvgIpc) is 2.92. The number of rotatable bonds is 16. The van der Waals surface area contributed by atoms with Gasteiger partial charge in [0.15, 0.2) is 20.2 Å². The van der Waals surface area contributed by atoms with Crippen molar-refractivity contribution < 1.29 is 61.2 Å². The second-order valence-corrected chi connectivity index (χ2v) is 13.3. The van der Waals surface area contributed by atoms with Crippen LogP contribution in [0.4, 0.5) is 26.3 Å². The lowest BCUT2D eigenvalue weighted by Crippen LogP contribution is -2.44. The highest BCUT2D eigenvalue weighted by Crippen LogP contribution is 2.21. The molecule has 0 heterocycles. The van der Waals surface area contributed by atoms with Crippen LogP contribution in [0.25, 0.3) is 0 Å². The molecule has 0 fully saturated rings. The largest absolute Gasteiger partial charge is 0.741 e. The molecule has 0 aromatic carbocycles. The fourth-order valence-corrected chi connectivity index (χ4v) is 3.27. The number of alkyl halides is 6. The van der Waals surface area contributed by atoms with Crippen molar-refractivity contribution in [2.24, 2.45) is 11.7 Å². The van der Waals surface area contributed by atoms with Gasteiger partial charge in [-0.15, -0.1) is 0 Å². The first-order valence-electron chi connectivity index (χ1n) is 14.9. The van der Waals surface area contributed by atoms with Gasteiger partial charge < -0.3 is 18.1 Å². The van der Waals surface area contributed by atoms with Crippen molar-refractivity contribution in [2.45, 2.75) is 117 Å². The van der Waals surface area contributed by atoms with Gasteiger partial charge in [-0.25, -0.2) is 16.8 Å². The smallest absolute Gasteiger partial charge is 0.485 e. The summed E-state index contributed by atoms with van der Waals surface area (Å²) in [5, 5.41) is 0. The summed E-state index contributed by atoms with van der Waals surface area (Å²) in [7, 11) is -7.43. The van der Waals surface area contributed by atoms with Crippen LogP contribution in [0, 0.1) is 0 Å². The van der Waals surface area contributed by atoms with Crippen molar-refractivity contribution in [3.8, 4) is 0 Å². The number of halogens is 6. The first-order valence-corrected chi connectivity index (χ1v) is 17.7. The molecule has 0 aliphatic heterocycles. The molecule has 10 nitrogen and oxygen atoms in total. The molecule has 0 aromatic heterocycles.